The molecule has 0 aromatic heterocycles. The first-order valence-corrected chi connectivity index (χ1v) is 7.17. The number of aliphatic hydroxyl groups excluding tert-OH is 1. The molecular formula is C15H24N2OS. The fourth-order valence-corrected chi connectivity index (χ4v) is 2.48. The summed E-state index contributed by atoms with van der Waals surface area (Å²) in [5.74, 6) is 0. The maximum absolute atomic E-state index is 9.05. The highest BCUT2D eigenvalue weighted by molar-refractivity contribution is 7.80. The van der Waals surface area contributed by atoms with Gasteiger partial charge in [0, 0.05) is 31.7 Å². The zero-order valence-corrected chi connectivity index (χ0v) is 12.6. The molecule has 0 bridgehead atoms. The van der Waals surface area contributed by atoms with E-state index in [1.165, 1.54) is 5.56 Å². The third-order valence-corrected chi connectivity index (χ3v) is 3.38. The van der Waals surface area contributed by atoms with Crippen LogP contribution in [-0.2, 0) is 0 Å². The summed E-state index contributed by atoms with van der Waals surface area (Å²) in [4.78, 5) is 2.88. The monoisotopic (exact) mass is 280 g/mol. The highest BCUT2D eigenvalue weighted by atomic mass is 32.1. The number of rotatable bonds is 8. The van der Waals surface area contributed by atoms with Crippen LogP contribution in [0.2, 0.25) is 0 Å². The second-order valence-corrected chi connectivity index (χ2v) is 5.53. The molecule has 1 rings (SSSR count). The molecule has 0 spiro atoms. The van der Waals surface area contributed by atoms with Gasteiger partial charge in [0.2, 0.25) is 0 Å². The molecule has 1 unspecified atom stereocenters. The van der Waals surface area contributed by atoms with Gasteiger partial charge in [0.15, 0.2) is 0 Å². The van der Waals surface area contributed by atoms with E-state index >= 15 is 0 Å². The Labute approximate surface area is 121 Å². The van der Waals surface area contributed by atoms with Crippen molar-refractivity contribution in [3.8, 4) is 0 Å². The molecule has 3 N–H and O–H groups in total. The lowest BCUT2D eigenvalue weighted by Crippen LogP contribution is -2.37. The van der Waals surface area contributed by atoms with Gasteiger partial charge in [0.05, 0.1) is 4.99 Å². The molecule has 1 aromatic rings. The minimum absolute atomic E-state index is 0.185. The zero-order chi connectivity index (χ0) is 14.3. The van der Waals surface area contributed by atoms with Crippen LogP contribution in [0.5, 0.6) is 0 Å². The van der Waals surface area contributed by atoms with E-state index in [9.17, 15) is 0 Å². The van der Waals surface area contributed by atoms with Crippen LogP contribution >= 0.6 is 12.2 Å². The largest absolute Gasteiger partial charge is 0.396 e. The molecule has 0 saturated carbocycles. The van der Waals surface area contributed by atoms with Gasteiger partial charge in [-0.3, -0.25) is 4.90 Å². The van der Waals surface area contributed by atoms with Crippen LogP contribution in [0.3, 0.4) is 0 Å². The Hall–Kier alpha value is -0.970. The van der Waals surface area contributed by atoms with E-state index in [0.717, 1.165) is 13.0 Å². The Morgan fingerprint density at radius 3 is 2.42 bits per heavy atom. The summed E-state index contributed by atoms with van der Waals surface area (Å²) in [7, 11) is 0. The number of nitrogens with zero attached hydrogens (tertiary/aromatic N) is 1. The van der Waals surface area contributed by atoms with Gasteiger partial charge < -0.3 is 10.8 Å². The highest BCUT2D eigenvalue weighted by Gasteiger charge is 2.23. The fourth-order valence-electron chi connectivity index (χ4n) is 2.32. The lowest BCUT2D eigenvalue weighted by Gasteiger charge is -2.35. The average Bonchev–Trinajstić information content (AvgIpc) is 2.38. The average molecular weight is 280 g/mol. The van der Waals surface area contributed by atoms with Crippen LogP contribution in [0.1, 0.15) is 38.3 Å². The predicted molar refractivity (Wildman–Crippen MR) is 84.1 cm³/mol. The summed E-state index contributed by atoms with van der Waals surface area (Å²) in [6.45, 7) is 5.37. The van der Waals surface area contributed by atoms with Crippen molar-refractivity contribution in [1.29, 1.82) is 0 Å². The van der Waals surface area contributed by atoms with Crippen LogP contribution < -0.4 is 5.73 Å². The number of hydrogen-bond acceptors (Lipinski definition) is 3. The quantitative estimate of drug-likeness (QED) is 0.718. The van der Waals surface area contributed by atoms with Gasteiger partial charge in [-0.05, 0) is 25.8 Å². The van der Waals surface area contributed by atoms with Crippen molar-refractivity contribution >= 4 is 17.2 Å². The number of nitrogens with two attached hydrogens (primary N) is 1. The van der Waals surface area contributed by atoms with Gasteiger partial charge in [-0.2, -0.15) is 0 Å². The summed E-state index contributed by atoms with van der Waals surface area (Å²) in [6, 6.07) is 10.9. The van der Waals surface area contributed by atoms with Gasteiger partial charge in [0.1, 0.15) is 0 Å². The van der Waals surface area contributed by atoms with Crippen molar-refractivity contribution in [2.75, 3.05) is 13.2 Å². The Balaban J connectivity index is 2.95. The highest BCUT2D eigenvalue weighted by Crippen LogP contribution is 2.26. The summed E-state index contributed by atoms with van der Waals surface area (Å²) < 4.78 is 0. The van der Waals surface area contributed by atoms with E-state index in [2.05, 4.69) is 30.9 Å². The minimum Gasteiger partial charge on any atom is -0.396 e. The van der Waals surface area contributed by atoms with Crippen molar-refractivity contribution in [2.45, 2.75) is 38.8 Å². The first-order chi connectivity index (χ1) is 9.06. The predicted octanol–water partition coefficient (Wildman–Crippen LogP) is 2.50. The SMILES string of the molecule is CC(C)N(CCCO)C(CC(N)=S)c1ccccc1. The third kappa shape index (κ3) is 5.27. The van der Waals surface area contributed by atoms with Gasteiger partial charge >= 0.3 is 0 Å². The number of benzene rings is 1. The first-order valence-electron chi connectivity index (χ1n) is 6.76. The molecule has 0 radical (unpaired) electrons. The normalized spacial score (nSPS) is 12.9. The Kier molecular flexibility index (Phi) is 6.99. The molecule has 19 heavy (non-hydrogen) atoms. The molecule has 3 nitrogen and oxygen atoms in total. The van der Waals surface area contributed by atoms with Gasteiger partial charge in [-0.1, -0.05) is 42.5 Å². The van der Waals surface area contributed by atoms with Crippen LogP contribution in [0.25, 0.3) is 0 Å². The van der Waals surface area contributed by atoms with E-state index < -0.39 is 0 Å². The molecule has 1 aromatic carbocycles. The second-order valence-electron chi connectivity index (χ2n) is 5.01. The maximum atomic E-state index is 9.05. The van der Waals surface area contributed by atoms with Crippen LogP contribution in [0.4, 0.5) is 0 Å². The molecule has 1 atom stereocenters. The van der Waals surface area contributed by atoms with Gasteiger partial charge in [-0.25, -0.2) is 0 Å². The maximum Gasteiger partial charge on any atom is 0.0746 e. The molecule has 106 valence electrons. The number of aliphatic hydroxyl groups is 1. The molecule has 0 heterocycles. The van der Waals surface area contributed by atoms with E-state index in [1.807, 2.05) is 18.2 Å². The summed E-state index contributed by atoms with van der Waals surface area (Å²) in [5, 5.41) is 9.05. The Morgan fingerprint density at radius 1 is 1.32 bits per heavy atom. The fraction of sp³-hybridized carbons (Fsp3) is 0.533. The van der Waals surface area contributed by atoms with Gasteiger partial charge in [0.25, 0.3) is 0 Å². The van der Waals surface area contributed by atoms with E-state index in [0.29, 0.717) is 17.5 Å². The molecule has 4 heteroatoms. The molecule has 0 aliphatic carbocycles. The first kappa shape index (κ1) is 16.1. The Morgan fingerprint density at radius 2 is 1.95 bits per heavy atom. The summed E-state index contributed by atoms with van der Waals surface area (Å²) in [6.07, 6.45) is 1.43. The van der Waals surface area contributed by atoms with Crippen LogP contribution in [0.15, 0.2) is 30.3 Å². The van der Waals surface area contributed by atoms with E-state index in [-0.39, 0.29) is 12.6 Å². The smallest absolute Gasteiger partial charge is 0.0746 e. The third-order valence-electron chi connectivity index (χ3n) is 3.22. The topological polar surface area (TPSA) is 49.5 Å². The molecule has 0 saturated heterocycles. The summed E-state index contributed by atoms with van der Waals surface area (Å²) in [5.41, 5.74) is 6.98. The molecular weight excluding hydrogens is 256 g/mol. The number of thiocarbonyl (C=S) groups is 1. The zero-order valence-electron chi connectivity index (χ0n) is 11.7. The molecule has 0 aliphatic heterocycles. The van der Waals surface area contributed by atoms with Crippen molar-refractivity contribution < 1.29 is 5.11 Å². The molecule has 0 amide bonds. The molecule has 0 aliphatic rings. The van der Waals surface area contributed by atoms with Crippen molar-refractivity contribution in [3.05, 3.63) is 35.9 Å². The van der Waals surface area contributed by atoms with E-state index in [1.54, 1.807) is 0 Å². The lowest BCUT2D eigenvalue weighted by molar-refractivity contribution is 0.140. The lowest BCUT2D eigenvalue weighted by atomic mass is 10.00. The van der Waals surface area contributed by atoms with Crippen molar-refractivity contribution in [2.24, 2.45) is 5.73 Å². The Bertz CT molecular complexity index is 381. The van der Waals surface area contributed by atoms with Crippen LogP contribution in [0, 0.1) is 0 Å². The molecule has 0 fully saturated rings. The minimum atomic E-state index is 0.185. The van der Waals surface area contributed by atoms with Gasteiger partial charge in [-0.15, -0.1) is 0 Å². The van der Waals surface area contributed by atoms with Crippen LogP contribution in [-0.4, -0.2) is 34.2 Å². The van der Waals surface area contributed by atoms with E-state index in [4.69, 9.17) is 23.1 Å². The van der Waals surface area contributed by atoms with Crippen molar-refractivity contribution in [1.82, 2.24) is 4.90 Å². The number of hydrogen-bond donors (Lipinski definition) is 2. The summed E-state index contributed by atoms with van der Waals surface area (Å²) >= 11 is 5.09. The van der Waals surface area contributed by atoms with Crippen molar-refractivity contribution in [3.63, 3.8) is 0 Å². The standard InChI is InChI=1S/C15H24N2OS/c1-12(2)17(9-6-10-18)14(11-15(16)19)13-7-4-3-5-8-13/h3-5,7-8,12,14,18H,6,9-11H2,1-2H3,(H2,16,19). The second kappa shape index (κ2) is 8.25.